The van der Waals surface area contributed by atoms with E-state index in [9.17, 15) is 9.18 Å². The minimum Gasteiger partial charge on any atom is -0.465 e. The fourth-order valence-corrected chi connectivity index (χ4v) is 1.98. The molecule has 1 atom stereocenters. The molecule has 1 aromatic rings. The Labute approximate surface area is 115 Å². The third kappa shape index (κ3) is 4.12. The molecule has 0 saturated carbocycles. The fourth-order valence-electron chi connectivity index (χ4n) is 1.43. The molecule has 0 spiro atoms. The molecule has 0 aromatic heterocycles. The molecule has 0 amide bonds. The van der Waals surface area contributed by atoms with Crippen molar-refractivity contribution < 1.29 is 13.9 Å². The first-order chi connectivity index (χ1) is 8.45. The Hall–Kier alpha value is -0.840. The van der Waals surface area contributed by atoms with E-state index in [4.69, 9.17) is 27.9 Å². The topological polar surface area (TPSA) is 38.3 Å². The molecular formula is C12H14Cl2FNO2. The number of esters is 1. The summed E-state index contributed by atoms with van der Waals surface area (Å²) in [5.74, 6) is -0.907. The van der Waals surface area contributed by atoms with Crippen molar-refractivity contribution in [1.29, 1.82) is 0 Å². The van der Waals surface area contributed by atoms with E-state index in [1.54, 1.807) is 13.8 Å². The van der Waals surface area contributed by atoms with Crippen molar-refractivity contribution in [1.82, 2.24) is 5.32 Å². The molecular weight excluding hydrogens is 280 g/mol. The van der Waals surface area contributed by atoms with Crippen LogP contribution in [-0.2, 0) is 9.53 Å². The van der Waals surface area contributed by atoms with Crippen molar-refractivity contribution in [3.63, 3.8) is 0 Å². The average Bonchev–Trinajstić information content (AvgIpc) is 2.31. The number of carbonyl (C=O) groups excluding carboxylic acids is 1. The first-order valence-corrected chi connectivity index (χ1v) is 6.24. The van der Waals surface area contributed by atoms with Crippen molar-refractivity contribution in [2.24, 2.45) is 0 Å². The smallest absolute Gasteiger partial charge is 0.319 e. The maximum absolute atomic E-state index is 13.3. The van der Waals surface area contributed by atoms with Crippen LogP contribution in [0.15, 0.2) is 12.1 Å². The van der Waals surface area contributed by atoms with Crippen molar-refractivity contribution in [3.8, 4) is 0 Å². The summed E-state index contributed by atoms with van der Waals surface area (Å²) in [4.78, 5) is 11.2. The van der Waals surface area contributed by atoms with Crippen LogP contribution in [0, 0.1) is 5.82 Å². The molecule has 18 heavy (non-hydrogen) atoms. The molecule has 0 saturated heterocycles. The van der Waals surface area contributed by atoms with E-state index in [2.05, 4.69) is 5.32 Å². The van der Waals surface area contributed by atoms with E-state index in [0.29, 0.717) is 17.2 Å². The van der Waals surface area contributed by atoms with Crippen molar-refractivity contribution in [2.75, 3.05) is 13.2 Å². The Morgan fingerprint density at radius 2 is 2.11 bits per heavy atom. The second kappa shape index (κ2) is 6.92. The summed E-state index contributed by atoms with van der Waals surface area (Å²) in [6, 6.07) is 2.32. The molecule has 0 aliphatic carbocycles. The number of hydrogen-bond donors (Lipinski definition) is 1. The molecule has 1 rings (SSSR count). The van der Waals surface area contributed by atoms with E-state index < -0.39 is 5.82 Å². The molecule has 1 aromatic carbocycles. The molecule has 0 aliphatic heterocycles. The lowest BCUT2D eigenvalue weighted by Gasteiger charge is -2.15. The van der Waals surface area contributed by atoms with Gasteiger partial charge in [-0.25, -0.2) is 4.39 Å². The summed E-state index contributed by atoms with van der Waals surface area (Å²) in [6.45, 7) is 3.86. The highest BCUT2D eigenvalue weighted by atomic mass is 35.5. The van der Waals surface area contributed by atoms with E-state index in [-0.39, 0.29) is 23.6 Å². The Kier molecular flexibility index (Phi) is 5.85. The summed E-state index contributed by atoms with van der Waals surface area (Å²) in [7, 11) is 0. The zero-order valence-corrected chi connectivity index (χ0v) is 11.6. The Morgan fingerprint density at radius 3 is 2.72 bits per heavy atom. The zero-order valence-electron chi connectivity index (χ0n) is 10.1. The summed E-state index contributed by atoms with van der Waals surface area (Å²) >= 11 is 11.6. The number of carbonyl (C=O) groups is 1. The van der Waals surface area contributed by atoms with Crippen LogP contribution in [0.5, 0.6) is 0 Å². The van der Waals surface area contributed by atoms with Gasteiger partial charge in [0.25, 0.3) is 0 Å². The van der Waals surface area contributed by atoms with Gasteiger partial charge in [-0.15, -0.1) is 0 Å². The van der Waals surface area contributed by atoms with Gasteiger partial charge in [-0.1, -0.05) is 23.2 Å². The maximum atomic E-state index is 13.3. The predicted octanol–water partition coefficient (Wildman–Crippen LogP) is 3.35. The highest BCUT2D eigenvalue weighted by Crippen LogP contribution is 2.28. The van der Waals surface area contributed by atoms with Gasteiger partial charge in [0.1, 0.15) is 5.82 Å². The summed E-state index contributed by atoms with van der Waals surface area (Å²) in [5, 5.41) is 3.23. The van der Waals surface area contributed by atoms with Crippen LogP contribution in [0.2, 0.25) is 10.0 Å². The average molecular weight is 294 g/mol. The van der Waals surface area contributed by atoms with Gasteiger partial charge in [0, 0.05) is 11.1 Å². The molecule has 1 N–H and O–H groups in total. The van der Waals surface area contributed by atoms with Crippen LogP contribution >= 0.6 is 23.2 Å². The number of benzene rings is 1. The standard InChI is InChI=1S/C12H14Cl2FNO2/c1-3-18-12(17)6-16-7(2)8-4-11(15)10(14)5-9(8)13/h4-5,7,16H,3,6H2,1-2H3. The van der Waals surface area contributed by atoms with Gasteiger partial charge >= 0.3 is 5.97 Å². The zero-order chi connectivity index (χ0) is 13.7. The second-order valence-electron chi connectivity index (χ2n) is 3.70. The van der Waals surface area contributed by atoms with Crippen molar-refractivity contribution in [3.05, 3.63) is 33.6 Å². The Balaban J connectivity index is 2.69. The van der Waals surface area contributed by atoms with Crippen molar-refractivity contribution >= 4 is 29.2 Å². The lowest BCUT2D eigenvalue weighted by Crippen LogP contribution is -2.27. The van der Waals surface area contributed by atoms with Gasteiger partial charge < -0.3 is 10.1 Å². The van der Waals surface area contributed by atoms with Gasteiger partial charge in [-0.3, -0.25) is 4.79 Å². The first kappa shape index (κ1) is 15.2. The lowest BCUT2D eigenvalue weighted by molar-refractivity contribution is -0.142. The number of hydrogen-bond acceptors (Lipinski definition) is 3. The number of ether oxygens (including phenoxy) is 1. The van der Waals surface area contributed by atoms with Gasteiger partial charge in [-0.05, 0) is 31.5 Å². The SMILES string of the molecule is CCOC(=O)CNC(C)c1cc(F)c(Cl)cc1Cl. The molecule has 100 valence electrons. The minimum absolute atomic E-state index is 0.0265. The molecule has 0 aliphatic rings. The van der Waals surface area contributed by atoms with E-state index in [1.165, 1.54) is 12.1 Å². The van der Waals surface area contributed by atoms with Gasteiger partial charge in [0.05, 0.1) is 18.2 Å². The molecule has 6 heteroatoms. The highest BCUT2D eigenvalue weighted by Gasteiger charge is 2.14. The third-order valence-corrected chi connectivity index (χ3v) is 2.98. The van der Waals surface area contributed by atoms with Gasteiger partial charge in [-0.2, -0.15) is 0 Å². The molecule has 0 radical (unpaired) electrons. The van der Waals surface area contributed by atoms with Crippen LogP contribution < -0.4 is 5.32 Å². The lowest BCUT2D eigenvalue weighted by atomic mass is 10.1. The van der Waals surface area contributed by atoms with Crippen LogP contribution in [0.1, 0.15) is 25.5 Å². The normalized spacial score (nSPS) is 12.3. The molecule has 1 unspecified atom stereocenters. The van der Waals surface area contributed by atoms with Gasteiger partial charge in [0.15, 0.2) is 0 Å². The largest absolute Gasteiger partial charge is 0.465 e. The van der Waals surface area contributed by atoms with Crippen LogP contribution in [0.4, 0.5) is 4.39 Å². The monoisotopic (exact) mass is 293 g/mol. The number of rotatable bonds is 5. The minimum atomic E-state index is -0.541. The fraction of sp³-hybridized carbons (Fsp3) is 0.417. The predicted molar refractivity (Wildman–Crippen MR) is 69.5 cm³/mol. The van der Waals surface area contributed by atoms with Gasteiger partial charge in [0.2, 0.25) is 0 Å². The van der Waals surface area contributed by atoms with Crippen LogP contribution in [0.25, 0.3) is 0 Å². The summed E-state index contributed by atoms with van der Waals surface area (Å²) in [6.07, 6.45) is 0. The summed E-state index contributed by atoms with van der Waals surface area (Å²) < 4.78 is 18.1. The second-order valence-corrected chi connectivity index (χ2v) is 4.51. The molecule has 0 heterocycles. The van der Waals surface area contributed by atoms with Crippen LogP contribution in [0.3, 0.4) is 0 Å². The number of nitrogens with one attached hydrogen (secondary N) is 1. The van der Waals surface area contributed by atoms with E-state index in [1.807, 2.05) is 0 Å². The highest BCUT2D eigenvalue weighted by molar-refractivity contribution is 6.35. The Morgan fingerprint density at radius 1 is 1.44 bits per heavy atom. The van der Waals surface area contributed by atoms with E-state index in [0.717, 1.165) is 0 Å². The molecule has 0 fully saturated rings. The first-order valence-electron chi connectivity index (χ1n) is 5.49. The van der Waals surface area contributed by atoms with Crippen molar-refractivity contribution in [2.45, 2.75) is 19.9 Å². The summed E-state index contributed by atoms with van der Waals surface area (Å²) in [5.41, 5.74) is 0.544. The Bertz CT molecular complexity index is 440. The molecule has 3 nitrogen and oxygen atoms in total. The van der Waals surface area contributed by atoms with E-state index >= 15 is 0 Å². The van der Waals surface area contributed by atoms with Crippen LogP contribution in [-0.4, -0.2) is 19.1 Å². The quantitative estimate of drug-likeness (QED) is 0.668. The third-order valence-electron chi connectivity index (χ3n) is 2.36. The maximum Gasteiger partial charge on any atom is 0.319 e. The number of halogens is 3. The molecule has 0 bridgehead atoms.